The highest BCUT2D eigenvalue weighted by atomic mass is 19.1. The number of pyridine rings is 1. The molecular formula is C28H24F2N6O2. The molecule has 0 saturated carbocycles. The Labute approximate surface area is 217 Å². The molecule has 0 aliphatic heterocycles. The molecule has 0 spiro atoms. The van der Waals surface area contributed by atoms with Gasteiger partial charge in [-0.15, -0.1) is 0 Å². The average molecular weight is 515 g/mol. The summed E-state index contributed by atoms with van der Waals surface area (Å²) < 4.78 is 42.3. The Balaban J connectivity index is 1.55. The van der Waals surface area contributed by atoms with Gasteiger partial charge in [0, 0.05) is 34.6 Å². The number of para-hydroxylation sites is 1. The summed E-state index contributed by atoms with van der Waals surface area (Å²) in [6, 6.07) is 13.4. The van der Waals surface area contributed by atoms with Gasteiger partial charge in [0.25, 0.3) is 0 Å². The number of hydrogen-bond donors (Lipinski definition) is 1. The molecule has 5 aromatic rings. The molecule has 192 valence electrons. The van der Waals surface area contributed by atoms with E-state index in [-0.39, 0.29) is 23.4 Å². The molecule has 10 heteroatoms. The van der Waals surface area contributed by atoms with Crippen LogP contribution in [0.3, 0.4) is 0 Å². The maximum atomic E-state index is 15.0. The first kappa shape index (κ1) is 24.8. The van der Waals surface area contributed by atoms with Crippen molar-refractivity contribution in [3.05, 3.63) is 96.5 Å². The Bertz CT molecular complexity index is 1600. The monoisotopic (exact) mass is 514 g/mol. The summed E-state index contributed by atoms with van der Waals surface area (Å²) in [7, 11) is 1.53. The molecule has 0 bridgehead atoms. The summed E-state index contributed by atoms with van der Waals surface area (Å²) in [4.78, 5) is 13.1. The molecule has 0 fully saturated rings. The normalized spacial score (nSPS) is 10.9. The number of aromatic nitrogens is 5. The van der Waals surface area contributed by atoms with Gasteiger partial charge in [-0.25, -0.2) is 18.7 Å². The molecule has 3 heterocycles. The number of hydrogen-bond acceptors (Lipinski definition) is 7. The molecule has 38 heavy (non-hydrogen) atoms. The minimum Gasteiger partial charge on any atom is -0.494 e. The zero-order chi connectivity index (χ0) is 26.6. The SMILES string of the molecule is C=C(OCC)c1cc(F)c(Cn2nc(-c3ncc(OC)c(Nc4ccncc4)n3)c3ccccc32)c(F)c1. The molecule has 5 rings (SSSR count). The van der Waals surface area contributed by atoms with Gasteiger partial charge >= 0.3 is 0 Å². The number of benzene rings is 2. The van der Waals surface area contributed by atoms with E-state index in [0.29, 0.717) is 35.2 Å². The van der Waals surface area contributed by atoms with Crippen LogP contribution in [-0.2, 0) is 11.3 Å². The van der Waals surface area contributed by atoms with Crippen molar-refractivity contribution in [2.45, 2.75) is 13.5 Å². The minimum absolute atomic E-state index is 0.131. The van der Waals surface area contributed by atoms with Crippen molar-refractivity contribution in [3.8, 4) is 17.3 Å². The molecule has 2 aromatic carbocycles. The zero-order valence-corrected chi connectivity index (χ0v) is 20.8. The van der Waals surface area contributed by atoms with Crippen molar-refractivity contribution in [1.29, 1.82) is 0 Å². The van der Waals surface area contributed by atoms with E-state index in [1.165, 1.54) is 23.9 Å². The number of nitrogens with zero attached hydrogens (tertiary/aromatic N) is 5. The van der Waals surface area contributed by atoms with Gasteiger partial charge in [0.15, 0.2) is 17.4 Å². The van der Waals surface area contributed by atoms with Gasteiger partial charge < -0.3 is 14.8 Å². The first-order valence-corrected chi connectivity index (χ1v) is 11.8. The predicted octanol–water partition coefficient (Wildman–Crippen LogP) is 5.97. The van der Waals surface area contributed by atoms with E-state index in [1.807, 2.05) is 24.3 Å². The third kappa shape index (κ3) is 4.88. The molecule has 0 radical (unpaired) electrons. The molecule has 0 saturated heterocycles. The minimum atomic E-state index is -0.716. The van der Waals surface area contributed by atoms with Crippen LogP contribution in [0.4, 0.5) is 20.3 Å². The summed E-state index contributed by atoms with van der Waals surface area (Å²) in [5.74, 6) is -0.0344. The number of anilines is 2. The van der Waals surface area contributed by atoms with Crippen LogP contribution in [0.15, 0.2) is 73.7 Å². The van der Waals surface area contributed by atoms with E-state index >= 15 is 8.78 Å². The van der Waals surface area contributed by atoms with Crippen LogP contribution in [0.2, 0.25) is 0 Å². The first-order valence-electron chi connectivity index (χ1n) is 11.8. The van der Waals surface area contributed by atoms with Crippen LogP contribution in [0.1, 0.15) is 18.1 Å². The van der Waals surface area contributed by atoms with Crippen molar-refractivity contribution in [2.75, 3.05) is 19.0 Å². The lowest BCUT2D eigenvalue weighted by atomic mass is 10.1. The second kappa shape index (κ2) is 10.6. The van der Waals surface area contributed by atoms with Crippen molar-refractivity contribution >= 4 is 28.2 Å². The molecule has 0 amide bonds. The van der Waals surface area contributed by atoms with Gasteiger partial charge in [0.1, 0.15) is 23.1 Å². The molecule has 1 N–H and O–H groups in total. The second-order valence-electron chi connectivity index (χ2n) is 8.27. The second-order valence-corrected chi connectivity index (χ2v) is 8.27. The molecule has 3 aromatic heterocycles. The molecular weight excluding hydrogens is 490 g/mol. The van der Waals surface area contributed by atoms with Crippen LogP contribution >= 0.6 is 0 Å². The standard InChI is InChI=1S/C28H24F2N6O2/c1-4-38-17(2)18-13-22(29)21(23(30)14-18)16-36-24-8-6-5-7-20(24)26(35-36)28-32-15-25(37-3)27(34-28)33-19-9-11-31-12-10-19/h5-15H,2,4,16H2,1,3H3,(H,31,32,33,34). The lowest BCUT2D eigenvalue weighted by molar-refractivity contribution is 0.298. The average Bonchev–Trinajstić information content (AvgIpc) is 3.29. The van der Waals surface area contributed by atoms with E-state index in [2.05, 4.69) is 31.9 Å². The van der Waals surface area contributed by atoms with E-state index in [1.54, 1.807) is 37.6 Å². The Morgan fingerprint density at radius 1 is 1.08 bits per heavy atom. The van der Waals surface area contributed by atoms with Crippen LogP contribution < -0.4 is 10.1 Å². The third-order valence-electron chi connectivity index (χ3n) is 5.88. The number of halogens is 2. The lowest BCUT2D eigenvalue weighted by Crippen LogP contribution is -2.08. The predicted molar refractivity (Wildman–Crippen MR) is 141 cm³/mol. The summed E-state index contributed by atoms with van der Waals surface area (Å²) in [6.45, 7) is 5.71. The fraction of sp³-hybridized carbons (Fsp3) is 0.143. The topological polar surface area (TPSA) is 87.0 Å². The number of rotatable bonds is 9. The fourth-order valence-electron chi connectivity index (χ4n) is 4.03. The maximum absolute atomic E-state index is 15.0. The molecule has 0 unspecified atom stereocenters. The Kier molecular flexibility index (Phi) is 6.94. The quantitative estimate of drug-likeness (QED) is 0.242. The van der Waals surface area contributed by atoms with E-state index in [0.717, 1.165) is 11.1 Å². The van der Waals surface area contributed by atoms with Crippen LogP contribution in [0.25, 0.3) is 28.2 Å². The Hall–Kier alpha value is -4.86. The number of methoxy groups -OCH3 is 1. The van der Waals surface area contributed by atoms with E-state index in [9.17, 15) is 0 Å². The Morgan fingerprint density at radius 3 is 2.53 bits per heavy atom. The highest BCUT2D eigenvalue weighted by Crippen LogP contribution is 2.31. The van der Waals surface area contributed by atoms with Crippen LogP contribution in [0.5, 0.6) is 5.75 Å². The first-order chi connectivity index (χ1) is 18.5. The maximum Gasteiger partial charge on any atom is 0.183 e. The van der Waals surface area contributed by atoms with Gasteiger partial charge in [0.2, 0.25) is 0 Å². The summed E-state index contributed by atoms with van der Waals surface area (Å²) in [5, 5.41) is 8.60. The number of fused-ring (bicyclic) bond motifs is 1. The van der Waals surface area contributed by atoms with E-state index < -0.39 is 11.6 Å². The van der Waals surface area contributed by atoms with Crippen molar-refractivity contribution in [3.63, 3.8) is 0 Å². The third-order valence-corrected chi connectivity index (χ3v) is 5.88. The number of ether oxygens (including phenoxy) is 2. The summed E-state index contributed by atoms with van der Waals surface area (Å²) in [6.07, 6.45) is 4.86. The summed E-state index contributed by atoms with van der Waals surface area (Å²) in [5.41, 5.74) is 2.01. The van der Waals surface area contributed by atoms with Crippen molar-refractivity contribution in [2.24, 2.45) is 0 Å². The van der Waals surface area contributed by atoms with Crippen LogP contribution in [0, 0.1) is 11.6 Å². The van der Waals surface area contributed by atoms with Gasteiger partial charge in [-0.3, -0.25) is 9.67 Å². The van der Waals surface area contributed by atoms with Gasteiger partial charge in [0.05, 0.1) is 32.0 Å². The lowest BCUT2D eigenvalue weighted by Gasteiger charge is -2.11. The highest BCUT2D eigenvalue weighted by Gasteiger charge is 2.20. The van der Waals surface area contributed by atoms with Crippen LogP contribution in [-0.4, -0.2) is 38.4 Å². The molecule has 0 aliphatic carbocycles. The van der Waals surface area contributed by atoms with Gasteiger partial charge in [-0.05, 0) is 37.3 Å². The van der Waals surface area contributed by atoms with E-state index in [4.69, 9.17) is 9.47 Å². The Morgan fingerprint density at radius 2 is 1.82 bits per heavy atom. The van der Waals surface area contributed by atoms with Crippen molar-refractivity contribution < 1.29 is 18.3 Å². The van der Waals surface area contributed by atoms with Gasteiger partial charge in [-0.2, -0.15) is 5.10 Å². The fourth-order valence-corrected chi connectivity index (χ4v) is 4.03. The van der Waals surface area contributed by atoms with Gasteiger partial charge in [-0.1, -0.05) is 24.8 Å². The smallest absolute Gasteiger partial charge is 0.183 e. The zero-order valence-electron chi connectivity index (χ0n) is 20.8. The summed E-state index contributed by atoms with van der Waals surface area (Å²) >= 11 is 0. The molecule has 0 atom stereocenters. The number of nitrogens with one attached hydrogen (secondary N) is 1. The molecule has 0 aliphatic rings. The molecule has 8 nitrogen and oxygen atoms in total. The largest absolute Gasteiger partial charge is 0.494 e. The highest BCUT2D eigenvalue weighted by molar-refractivity contribution is 5.92. The van der Waals surface area contributed by atoms with Crippen molar-refractivity contribution in [1.82, 2.24) is 24.7 Å².